The predicted octanol–water partition coefficient (Wildman–Crippen LogP) is 3.50. The van der Waals surface area contributed by atoms with E-state index in [0.717, 1.165) is 16.7 Å². The van der Waals surface area contributed by atoms with Gasteiger partial charge in [-0.1, -0.05) is 91.0 Å². The minimum absolute atomic E-state index is 0.0966. The number of aliphatic hydroxyl groups is 1. The van der Waals surface area contributed by atoms with Crippen LogP contribution in [0.2, 0.25) is 0 Å². The van der Waals surface area contributed by atoms with Gasteiger partial charge in [-0.05, 0) is 23.1 Å². The van der Waals surface area contributed by atoms with E-state index in [-0.39, 0.29) is 25.0 Å². The third kappa shape index (κ3) is 6.52. The molecular weight excluding hydrogens is 388 g/mol. The Kier molecular flexibility index (Phi) is 8.38. The molecule has 2 amide bonds. The summed E-state index contributed by atoms with van der Waals surface area (Å²) < 4.78 is 0. The molecule has 5 nitrogen and oxygen atoms in total. The Morgan fingerprint density at radius 1 is 0.806 bits per heavy atom. The van der Waals surface area contributed by atoms with Crippen molar-refractivity contribution >= 4 is 11.8 Å². The Hall–Kier alpha value is -3.44. The van der Waals surface area contributed by atoms with Crippen molar-refractivity contribution in [1.82, 2.24) is 10.2 Å². The zero-order valence-corrected chi connectivity index (χ0v) is 17.5. The van der Waals surface area contributed by atoms with E-state index in [4.69, 9.17) is 5.11 Å². The highest BCUT2D eigenvalue weighted by atomic mass is 16.3. The molecule has 0 aliphatic heterocycles. The van der Waals surface area contributed by atoms with E-state index in [2.05, 4.69) is 5.32 Å². The zero-order chi connectivity index (χ0) is 21.9. The molecule has 0 saturated carbocycles. The van der Waals surface area contributed by atoms with E-state index < -0.39 is 6.04 Å². The number of carbonyl (C=O) groups is 2. The summed E-state index contributed by atoms with van der Waals surface area (Å²) in [5, 5.41) is 11.9. The molecule has 0 aliphatic rings. The van der Waals surface area contributed by atoms with Gasteiger partial charge < -0.3 is 15.3 Å². The molecule has 0 fully saturated rings. The van der Waals surface area contributed by atoms with Gasteiger partial charge in [-0.25, -0.2) is 0 Å². The molecule has 160 valence electrons. The van der Waals surface area contributed by atoms with E-state index >= 15 is 0 Å². The summed E-state index contributed by atoms with van der Waals surface area (Å²) in [4.78, 5) is 28.1. The van der Waals surface area contributed by atoms with Crippen molar-refractivity contribution in [3.63, 3.8) is 0 Å². The zero-order valence-electron chi connectivity index (χ0n) is 17.5. The van der Waals surface area contributed by atoms with Crippen molar-refractivity contribution in [3.05, 3.63) is 108 Å². The standard InChI is InChI=1S/C26H28N2O3/c29-19-18-27-26(31)25(23-14-8-3-9-15-23)28(20-22-12-6-2-7-13-22)24(30)17-16-21-10-4-1-5-11-21/h1-15,25,29H,16-20H2,(H,27,31)/t25-/m1/s1. The van der Waals surface area contributed by atoms with Gasteiger partial charge in [0.25, 0.3) is 0 Å². The molecule has 0 aromatic heterocycles. The molecule has 2 N–H and O–H groups in total. The van der Waals surface area contributed by atoms with Crippen LogP contribution >= 0.6 is 0 Å². The maximum absolute atomic E-state index is 13.4. The average Bonchev–Trinajstić information content (AvgIpc) is 2.83. The lowest BCUT2D eigenvalue weighted by atomic mass is 10.0. The number of aryl methyl sites for hydroxylation is 1. The van der Waals surface area contributed by atoms with Crippen LogP contribution in [0.25, 0.3) is 0 Å². The van der Waals surface area contributed by atoms with Crippen molar-refractivity contribution < 1.29 is 14.7 Å². The maximum Gasteiger partial charge on any atom is 0.247 e. The summed E-state index contributed by atoms with van der Waals surface area (Å²) in [6, 6.07) is 28.0. The molecule has 0 radical (unpaired) electrons. The molecule has 31 heavy (non-hydrogen) atoms. The molecule has 3 aromatic rings. The van der Waals surface area contributed by atoms with Gasteiger partial charge in [0.1, 0.15) is 6.04 Å². The summed E-state index contributed by atoms with van der Waals surface area (Å²) >= 11 is 0. The first-order chi connectivity index (χ1) is 15.2. The number of rotatable bonds is 10. The fourth-order valence-electron chi connectivity index (χ4n) is 3.53. The SMILES string of the molecule is O=C(NCCO)[C@@H](c1ccccc1)N(Cc1ccccc1)C(=O)CCc1ccccc1. The van der Waals surface area contributed by atoms with Gasteiger partial charge in [0.05, 0.1) is 6.61 Å². The summed E-state index contributed by atoms with van der Waals surface area (Å²) in [5.41, 5.74) is 2.77. The normalized spacial score (nSPS) is 11.5. The van der Waals surface area contributed by atoms with Crippen LogP contribution in [0.15, 0.2) is 91.0 Å². The molecule has 3 rings (SSSR count). The second-order valence-corrected chi connectivity index (χ2v) is 7.32. The van der Waals surface area contributed by atoms with E-state index in [1.54, 1.807) is 4.90 Å². The van der Waals surface area contributed by atoms with Crippen molar-refractivity contribution in [2.45, 2.75) is 25.4 Å². The van der Waals surface area contributed by atoms with Crippen LogP contribution in [-0.2, 0) is 22.6 Å². The van der Waals surface area contributed by atoms with Gasteiger partial charge in [-0.3, -0.25) is 9.59 Å². The number of benzene rings is 3. The van der Waals surface area contributed by atoms with Gasteiger partial charge in [0, 0.05) is 19.5 Å². The molecule has 0 aliphatic carbocycles. The van der Waals surface area contributed by atoms with Crippen molar-refractivity contribution in [3.8, 4) is 0 Å². The molecule has 0 unspecified atom stereocenters. The Bertz CT molecular complexity index is 946. The van der Waals surface area contributed by atoms with Gasteiger partial charge in [-0.15, -0.1) is 0 Å². The first-order valence-electron chi connectivity index (χ1n) is 10.5. The molecule has 5 heteroatoms. The third-order valence-electron chi connectivity index (χ3n) is 5.07. The lowest BCUT2D eigenvalue weighted by Gasteiger charge is -2.31. The van der Waals surface area contributed by atoms with Crippen LogP contribution in [0, 0.1) is 0 Å². The first kappa shape index (κ1) is 22.2. The van der Waals surface area contributed by atoms with Crippen LogP contribution in [0.5, 0.6) is 0 Å². The van der Waals surface area contributed by atoms with E-state index in [1.165, 1.54) is 0 Å². The minimum atomic E-state index is -0.781. The minimum Gasteiger partial charge on any atom is -0.395 e. The summed E-state index contributed by atoms with van der Waals surface area (Å²) in [6.07, 6.45) is 0.901. The molecular formula is C26H28N2O3. The smallest absolute Gasteiger partial charge is 0.247 e. The van der Waals surface area contributed by atoms with Crippen molar-refractivity contribution in [1.29, 1.82) is 0 Å². The molecule has 0 spiro atoms. The van der Waals surface area contributed by atoms with E-state index in [9.17, 15) is 9.59 Å². The second-order valence-electron chi connectivity index (χ2n) is 7.32. The van der Waals surface area contributed by atoms with Gasteiger partial charge in [0.2, 0.25) is 11.8 Å². The highest BCUT2D eigenvalue weighted by molar-refractivity contribution is 5.88. The van der Waals surface area contributed by atoms with Crippen molar-refractivity contribution in [2.24, 2.45) is 0 Å². The van der Waals surface area contributed by atoms with Gasteiger partial charge in [0.15, 0.2) is 0 Å². The summed E-state index contributed by atoms with van der Waals surface area (Å²) in [7, 11) is 0. The monoisotopic (exact) mass is 416 g/mol. The molecule has 1 atom stereocenters. The number of carbonyl (C=O) groups excluding carboxylic acids is 2. The number of aliphatic hydroxyl groups excluding tert-OH is 1. The van der Waals surface area contributed by atoms with E-state index in [1.807, 2.05) is 91.0 Å². The summed E-state index contributed by atoms with van der Waals surface area (Å²) in [5.74, 6) is -0.398. The third-order valence-corrected chi connectivity index (χ3v) is 5.07. The lowest BCUT2D eigenvalue weighted by molar-refractivity contribution is -0.141. The Morgan fingerprint density at radius 3 is 1.94 bits per heavy atom. The number of nitrogens with one attached hydrogen (secondary N) is 1. The fraction of sp³-hybridized carbons (Fsp3) is 0.231. The number of hydrogen-bond donors (Lipinski definition) is 2. The van der Waals surface area contributed by atoms with E-state index in [0.29, 0.717) is 19.4 Å². The average molecular weight is 417 g/mol. The summed E-state index contributed by atoms with van der Waals surface area (Å²) in [6.45, 7) is 0.300. The van der Waals surface area contributed by atoms with Crippen LogP contribution in [0.4, 0.5) is 0 Å². The van der Waals surface area contributed by atoms with Crippen LogP contribution in [-0.4, -0.2) is 35.0 Å². The maximum atomic E-state index is 13.4. The number of nitrogens with zero attached hydrogens (tertiary/aromatic N) is 1. The predicted molar refractivity (Wildman–Crippen MR) is 121 cm³/mol. The first-order valence-corrected chi connectivity index (χ1v) is 10.5. The van der Waals surface area contributed by atoms with Crippen LogP contribution in [0.3, 0.4) is 0 Å². The lowest BCUT2D eigenvalue weighted by Crippen LogP contribution is -2.44. The quantitative estimate of drug-likeness (QED) is 0.532. The van der Waals surface area contributed by atoms with Gasteiger partial charge >= 0.3 is 0 Å². The topological polar surface area (TPSA) is 69.6 Å². The largest absolute Gasteiger partial charge is 0.395 e. The number of amides is 2. The van der Waals surface area contributed by atoms with Crippen LogP contribution in [0.1, 0.15) is 29.2 Å². The Labute approximate surface area is 183 Å². The van der Waals surface area contributed by atoms with Gasteiger partial charge in [-0.2, -0.15) is 0 Å². The van der Waals surface area contributed by atoms with Crippen LogP contribution < -0.4 is 5.32 Å². The highest BCUT2D eigenvalue weighted by Gasteiger charge is 2.31. The Balaban J connectivity index is 1.90. The Morgan fingerprint density at radius 2 is 1.35 bits per heavy atom. The second kappa shape index (κ2) is 11.7. The molecule has 0 bridgehead atoms. The fourth-order valence-corrected chi connectivity index (χ4v) is 3.53. The molecule has 0 heterocycles. The molecule has 0 saturated heterocycles. The molecule has 3 aromatic carbocycles. The number of hydrogen-bond acceptors (Lipinski definition) is 3. The van der Waals surface area contributed by atoms with Crippen molar-refractivity contribution in [2.75, 3.05) is 13.2 Å². The highest BCUT2D eigenvalue weighted by Crippen LogP contribution is 2.25.